The minimum Gasteiger partial charge on any atom is -0.448 e. The molecule has 0 unspecified atom stereocenters. The molecule has 0 saturated carbocycles. The van der Waals surface area contributed by atoms with Crippen molar-refractivity contribution in [2.24, 2.45) is 16.8 Å². The molecule has 0 radical (unpaired) electrons. The largest absolute Gasteiger partial charge is 0.448 e. The van der Waals surface area contributed by atoms with Crippen molar-refractivity contribution >= 4 is 18.0 Å². The zero-order chi connectivity index (χ0) is 15.8. The third-order valence-corrected chi connectivity index (χ3v) is 3.31. The molecular formula is C13H22N4O4. The van der Waals surface area contributed by atoms with Gasteiger partial charge in [0, 0.05) is 13.1 Å². The molecular weight excluding hydrogens is 276 g/mol. The van der Waals surface area contributed by atoms with E-state index < -0.39 is 17.8 Å². The molecule has 0 aliphatic carbocycles. The number of likely N-dealkylation sites (tertiary alicyclic amines) is 1. The first-order valence-corrected chi connectivity index (χ1v) is 7.01. The number of amides is 2. The molecule has 118 valence electrons. The van der Waals surface area contributed by atoms with Gasteiger partial charge in [-0.2, -0.15) is 10.1 Å². The van der Waals surface area contributed by atoms with Crippen molar-refractivity contribution in [3.05, 3.63) is 0 Å². The van der Waals surface area contributed by atoms with Crippen molar-refractivity contribution in [1.82, 2.24) is 9.91 Å². The standard InChI is InChI=1S/C13H22N4O4/c1-5-20-12(19)17-9-7-16(6-8(9)10(14)15-17)11(18)21-13(2,3)4/h8-9H,5-7H2,1-4H3,(H2,14,15)/t8-,9-/m1/s1. The van der Waals surface area contributed by atoms with E-state index in [-0.39, 0.29) is 18.6 Å². The number of carbonyl (C=O) groups excluding carboxylic acids is 2. The fourth-order valence-corrected chi connectivity index (χ4v) is 2.44. The van der Waals surface area contributed by atoms with Gasteiger partial charge in [-0.05, 0) is 27.7 Å². The molecule has 0 spiro atoms. The molecule has 0 aromatic heterocycles. The second kappa shape index (κ2) is 5.42. The van der Waals surface area contributed by atoms with Gasteiger partial charge in [0.1, 0.15) is 11.4 Å². The molecule has 1 saturated heterocycles. The molecule has 0 aromatic rings. The first kappa shape index (κ1) is 15.4. The number of ether oxygens (including phenoxy) is 2. The summed E-state index contributed by atoms with van der Waals surface area (Å²) in [5, 5.41) is 5.26. The number of hydrogen-bond acceptors (Lipinski definition) is 6. The highest BCUT2D eigenvalue weighted by Gasteiger charge is 2.48. The van der Waals surface area contributed by atoms with Crippen LogP contribution in [0.1, 0.15) is 27.7 Å². The van der Waals surface area contributed by atoms with Crippen LogP contribution in [-0.2, 0) is 9.47 Å². The normalized spacial score (nSPS) is 24.7. The summed E-state index contributed by atoms with van der Waals surface area (Å²) in [6.45, 7) is 8.14. The maximum Gasteiger partial charge on any atom is 0.430 e. The number of amidine groups is 1. The molecule has 2 heterocycles. The number of rotatable bonds is 1. The van der Waals surface area contributed by atoms with Crippen molar-refractivity contribution in [2.45, 2.75) is 39.3 Å². The average molecular weight is 298 g/mol. The van der Waals surface area contributed by atoms with E-state index in [1.54, 1.807) is 11.8 Å². The molecule has 2 amide bonds. The summed E-state index contributed by atoms with van der Waals surface area (Å²) in [6, 6.07) is -0.281. The van der Waals surface area contributed by atoms with Gasteiger partial charge >= 0.3 is 12.2 Å². The minimum atomic E-state index is -0.560. The third-order valence-electron chi connectivity index (χ3n) is 3.31. The van der Waals surface area contributed by atoms with Gasteiger partial charge in [0.05, 0.1) is 18.6 Å². The Morgan fingerprint density at radius 1 is 1.33 bits per heavy atom. The summed E-state index contributed by atoms with van der Waals surface area (Å²) in [7, 11) is 0. The van der Waals surface area contributed by atoms with Gasteiger partial charge < -0.3 is 20.1 Å². The highest BCUT2D eigenvalue weighted by molar-refractivity contribution is 5.89. The van der Waals surface area contributed by atoms with Crippen molar-refractivity contribution in [2.75, 3.05) is 19.7 Å². The summed E-state index contributed by atoms with van der Waals surface area (Å²) in [5.74, 6) is 0.182. The molecule has 2 N–H and O–H groups in total. The van der Waals surface area contributed by atoms with Gasteiger partial charge in [0.2, 0.25) is 0 Å². The number of hydrogen-bond donors (Lipinski definition) is 1. The molecule has 2 aliphatic heterocycles. The highest BCUT2D eigenvalue weighted by Crippen LogP contribution is 2.29. The molecule has 21 heavy (non-hydrogen) atoms. The van der Waals surface area contributed by atoms with E-state index in [0.29, 0.717) is 18.9 Å². The number of fused-ring (bicyclic) bond motifs is 1. The number of nitrogens with two attached hydrogens (primary N) is 1. The Morgan fingerprint density at radius 2 is 2.00 bits per heavy atom. The van der Waals surface area contributed by atoms with Crippen LogP contribution in [0.2, 0.25) is 0 Å². The van der Waals surface area contributed by atoms with Crippen LogP contribution in [0, 0.1) is 5.92 Å². The fourth-order valence-electron chi connectivity index (χ4n) is 2.44. The average Bonchev–Trinajstić information content (AvgIpc) is 2.88. The van der Waals surface area contributed by atoms with Gasteiger partial charge in [0.25, 0.3) is 0 Å². The van der Waals surface area contributed by atoms with Crippen LogP contribution in [0.3, 0.4) is 0 Å². The maximum absolute atomic E-state index is 12.1. The van der Waals surface area contributed by atoms with Crippen LogP contribution in [0.4, 0.5) is 9.59 Å². The molecule has 8 nitrogen and oxygen atoms in total. The van der Waals surface area contributed by atoms with Gasteiger partial charge in [0.15, 0.2) is 0 Å². The maximum atomic E-state index is 12.1. The van der Waals surface area contributed by atoms with Crippen LogP contribution in [0.15, 0.2) is 5.10 Å². The van der Waals surface area contributed by atoms with Crippen LogP contribution >= 0.6 is 0 Å². The van der Waals surface area contributed by atoms with E-state index in [2.05, 4.69) is 5.10 Å². The van der Waals surface area contributed by atoms with Gasteiger partial charge in [-0.15, -0.1) is 0 Å². The Morgan fingerprint density at radius 3 is 2.57 bits per heavy atom. The highest BCUT2D eigenvalue weighted by atomic mass is 16.6. The van der Waals surface area contributed by atoms with Crippen LogP contribution in [0.25, 0.3) is 0 Å². The zero-order valence-corrected chi connectivity index (χ0v) is 12.8. The third kappa shape index (κ3) is 3.20. The van der Waals surface area contributed by atoms with E-state index in [4.69, 9.17) is 15.2 Å². The van der Waals surface area contributed by atoms with Gasteiger partial charge in [-0.3, -0.25) is 0 Å². The number of nitrogens with zero attached hydrogens (tertiary/aromatic N) is 3. The van der Waals surface area contributed by atoms with Gasteiger partial charge in [-0.1, -0.05) is 0 Å². The van der Waals surface area contributed by atoms with Crippen molar-refractivity contribution in [1.29, 1.82) is 0 Å². The van der Waals surface area contributed by atoms with E-state index >= 15 is 0 Å². The minimum absolute atomic E-state index is 0.165. The monoisotopic (exact) mass is 298 g/mol. The number of carbonyl (C=O) groups is 2. The number of hydrazone groups is 1. The first-order valence-electron chi connectivity index (χ1n) is 7.01. The Labute approximate surface area is 123 Å². The smallest absolute Gasteiger partial charge is 0.430 e. The van der Waals surface area contributed by atoms with Crippen molar-refractivity contribution in [3.63, 3.8) is 0 Å². The lowest BCUT2D eigenvalue weighted by molar-refractivity contribution is 0.0273. The fraction of sp³-hybridized carbons (Fsp3) is 0.769. The topological polar surface area (TPSA) is 97.5 Å². The zero-order valence-electron chi connectivity index (χ0n) is 12.8. The summed E-state index contributed by atoms with van der Waals surface area (Å²) in [5.41, 5.74) is 5.30. The molecule has 2 rings (SSSR count). The first-order chi connectivity index (χ1) is 9.73. The van der Waals surface area contributed by atoms with Crippen molar-refractivity contribution in [3.8, 4) is 0 Å². The second-order valence-electron chi connectivity index (χ2n) is 6.13. The molecule has 0 bridgehead atoms. The van der Waals surface area contributed by atoms with E-state index in [9.17, 15) is 9.59 Å². The Kier molecular flexibility index (Phi) is 3.97. The molecule has 2 atom stereocenters. The SMILES string of the molecule is CCOC(=O)N1N=C(N)[C@@H]2CN(C(=O)OC(C)(C)C)C[C@H]21. The Hall–Kier alpha value is -1.99. The molecule has 0 aromatic carbocycles. The van der Waals surface area contributed by atoms with Crippen LogP contribution in [-0.4, -0.2) is 59.3 Å². The Bertz CT molecular complexity index is 471. The van der Waals surface area contributed by atoms with Crippen LogP contribution < -0.4 is 5.73 Å². The summed E-state index contributed by atoms with van der Waals surface area (Å²) < 4.78 is 10.3. The van der Waals surface area contributed by atoms with Crippen molar-refractivity contribution < 1.29 is 19.1 Å². The molecule has 1 fully saturated rings. The lowest BCUT2D eigenvalue weighted by Crippen LogP contribution is -2.40. The summed E-state index contributed by atoms with van der Waals surface area (Å²) in [4.78, 5) is 25.5. The molecule has 2 aliphatic rings. The van der Waals surface area contributed by atoms with E-state index in [1.165, 1.54) is 5.01 Å². The van der Waals surface area contributed by atoms with Gasteiger partial charge in [-0.25, -0.2) is 9.59 Å². The summed E-state index contributed by atoms with van der Waals surface area (Å²) >= 11 is 0. The predicted molar refractivity (Wildman–Crippen MR) is 75.6 cm³/mol. The van der Waals surface area contributed by atoms with E-state index in [1.807, 2.05) is 20.8 Å². The summed E-state index contributed by atoms with van der Waals surface area (Å²) in [6.07, 6.45) is -0.951. The Balaban J connectivity index is 2.05. The second-order valence-corrected chi connectivity index (χ2v) is 6.13. The lowest BCUT2D eigenvalue weighted by atomic mass is 10.0. The van der Waals surface area contributed by atoms with Crippen LogP contribution in [0.5, 0.6) is 0 Å². The molecule has 8 heteroatoms. The van der Waals surface area contributed by atoms with E-state index in [0.717, 1.165) is 0 Å². The predicted octanol–water partition coefficient (Wildman–Crippen LogP) is 0.966. The lowest BCUT2D eigenvalue weighted by Gasteiger charge is -2.25. The quantitative estimate of drug-likeness (QED) is 0.777.